The maximum atomic E-state index is 10.4. The fourth-order valence-corrected chi connectivity index (χ4v) is 1.54. The van der Waals surface area contributed by atoms with Crippen LogP contribution in [0.4, 0.5) is 16.4 Å². The molecule has 4 N–H and O–H groups in total. The van der Waals surface area contributed by atoms with Crippen LogP contribution >= 0.6 is 0 Å². The van der Waals surface area contributed by atoms with Gasteiger partial charge < -0.3 is 21.1 Å². The summed E-state index contributed by atoms with van der Waals surface area (Å²) in [6.45, 7) is 0.681. The highest BCUT2D eigenvalue weighted by Gasteiger charge is 2.27. The molecule has 18 heavy (non-hydrogen) atoms. The first-order valence-electron chi connectivity index (χ1n) is 5.92. The van der Waals surface area contributed by atoms with Gasteiger partial charge in [-0.1, -0.05) is 0 Å². The van der Waals surface area contributed by atoms with Crippen molar-refractivity contribution in [3.63, 3.8) is 0 Å². The molecule has 1 heterocycles. The topological polar surface area (TPSA) is 102 Å². The van der Waals surface area contributed by atoms with Crippen molar-refractivity contribution in [2.45, 2.75) is 18.8 Å². The number of anilines is 2. The Morgan fingerprint density at radius 1 is 1.50 bits per heavy atom. The van der Waals surface area contributed by atoms with Gasteiger partial charge in [0.2, 0.25) is 0 Å². The highest BCUT2D eigenvalue weighted by atomic mass is 16.5. The second kappa shape index (κ2) is 5.52. The van der Waals surface area contributed by atoms with E-state index in [2.05, 4.69) is 25.3 Å². The molecule has 7 nitrogen and oxygen atoms in total. The number of carbonyl (C=O) groups is 1. The zero-order valence-electron chi connectivity index (χ0n) is 10.3. The fraction of sp³-hybridized carbons (Fsp3) is 0.545. The van der Waals surface area contributed by atoms with E-state index in [9.17, 15) is 4.79 Å². The third-order valence-electron chi connectivity index (χ3n) is 2.59. The second-order valence-corrected chi connectivity index (χ2v) is 4.12. The molecule has 0 atom stereocenters. The van der Waals surface area contributed by atoms with Crippen LogP contribution in [0.25, 0.3) is 0 Å². The number of nitrogens with two attached hydrogens (primary N) is 1. The predicted octanol–water partition coefficient (Wildman–Crippen LogP) is 0.903. The van der Waals surface area contributed by atoms with Crippen LogP contribution in [0.2, 0.25) is 0 Å². The molecular weight excluding hydrogens is 234 g/mol. The van der Waals surface area contributed by atoms with E-state index in [-0.39, 0.29) is 6.61 Å². The lowest BCUT2D eigenvalue weighted by Crippen LogP contribution is -2.19. The van der Waals surface area contributed by atoms with E-state index >= 15 is 0 Å². The van der Waals surface area contributed by atoms with E-state index in [4.69, 9.17) is 5.73 Å². The standard InChI is InChI=1S/C11H17N5O2/c1-13-8-6-9(14-4-5-18-11(12)17)16-10(15-8)7-2-3-7/h6-7H,2-5H2,1H3,(H2,12,17)(H2,13,14,15,16). The molecule has 7 heteroatoms. The summed E-state index contributed by atoms with van der Waals surface area (Å²) in [5.41, 5.74) is 4.87. The zero-order chi connectivity index (χ0) is 13.0. The Hall–Kier alpha value is -2.05. The van der Waals surface area contributed by atoms with Crippen LogP contribution < -0.4 is 16.4 Å². The van der Waals surface area contributed by atoms with E-state index in [1.165, 1.54) is 0 Å². The van der Waals surface area contributed by atoms with Crippen molar-refractivity contribution >= 4 is 17.7 Å². The lowest BCUT2D eigenvalue weighted by Gasteiger charge is -2.09. The normalized spacial score (nSPS) is 14.1. The molecule has 98 valence electrons. The minimum absolute atomic E-state index is 0.215. The molecule has 0 radical (unpaired) electrons. The van der Waals surface area contributed by atoms with Crippen LogP contribution in [0, 0.1) is 0 Å². The maximum absolute atomic E-state index is 10.4. The smallest absolute Gasteiger partial charge is 0.404 e. The third kappa shape index (κ3) is 3.47. The van der Waals surface area contributed by atoms with Gasteiger partial charge >= 0.3 is 6.09 Å². The van der Waals surface area contributed by atoms with Gasteiger partial charge in [-0.05, 0) is 12.8 Å². The average molecular weight is 251 g/mol. The predicted molar refractivity (Wildman–Crippen MR) is 67.6 cm³/mol. The quantitative estimate of drug-likeness (QED) is 0.649. The van der Waals surface area contributed by atoms with Gasteiger partial charge in [0, 0.05) is 19.0 Å². The first-order valence-corrected chi connectivity index (χ1v) is 5.92. The molecule has 0 saturated heterocycles. The Balaban J connectivity index is 1.93. The summed E-state index contributed by atoms with van der Waals surface area (Å²) in [6.07, 6.45) is 1.53. The molecule has 1 aromatic rings. The van der Waals surface area contributed by atoms with E-state index in [0.717, 1.165) is 30.3 Å². The van der Waals surface area contributed by atoms with Crippen molar-refractivity contribution in [3.05, 3.63) is 11.9 Å². The molecular formula is C11H17N5O2. The molecule has 0 bridgehead atoms. The van der Waals surface area contributed by atoms with Crippen LogP contribution in [0.5, 0.6) is 0 Å². The Labute approximate surface area is 105 Å². The lowest BCUT2D eigenvalue weighted by molar-refractivity contribution is 0.161. The van der Waals surface area contributed by atoms with Crippen LogP contribution in [0.1, 0.15) is 24.6 Å². The summed E-state index contributed by atoms with van der Waals surface area (Å²) in [6, 6.07) is 1.82. The van der Waals surface area contributed by atoms with Crippen LogP contribution in [-0.2, 0) is 4.74 Å². The number of primary amides is 1. The number of carbonyl (C=O) groups excluding carboxylic acids is 1. The molecule has 1 aliphatic rings. The number of nitrogens with one attached hydrogen (secondary N) is 2. The van der Waals surface area contributed by atoms with Gasteiger partial charge in [0.25, 0.3) is 0 Å². The Bertz CT molecular complexity index is 433. The molecule has 1 aromatic heterocycles. The number of aromatic nitrogens is 2. The van der Waals surface area contributed by atoms with Crippen molar-refractivity contribution in [1.82, 2.24) is 9.97 Å². The third-order valence-corrected chi connectivity index (χ3v) is 2.59. The number of hydrogen-bond donors (Lipinski definition) is 3. The van der Waals surface area contributed by atoms with Crippen molar-refractivity contribution < 1.29 is 9.53 Å². The molecule has 2 rings (SSSR count). The van der Waals surface area contributed by atoms with Crippen molar-refractivity contribution in [3.8, 4) is 0 Å². The molecule has 1 amide bonds. The first-order chi connectivity index (χ1) is 8.69. The van der Waals surface area contributed by atoms with Gasteiger partial charge in [-0.2, -0.15) is 0 Å². The van der Waals surface area contributed by atoms with E-state index in [1.807, 2.05) is 13.1 Å². The van der Waals surface area contributed by atoms with Gasteiger partial charge in [-0.3, -0.25) is 0 Å². The van der Waals surface area contributed by atoms with E-state index in [1.54, 1.807) is 0 Å². The summed E-state index contributed by atoms with van der Waals surface area (Å²) in [5.74, 6) is 2.86. The van der Waals surface area contributed by atoms with Gasteiger partial charge in [-0.15, -0.1) is 0 Å². The Morgan fingerprint density at radius 3 is 2.83 bits per heavy atom. The Morgan fingerprint density at radius 2 is 2.22 bits per heavy atom. The second-order valence-electron chi connectivity index (χ2n) is 4.12. The summed E-state index contributed by atoms with van der Waals surface area (Å²) >= 11 is 0. The number of ether oxygens (including phenoxy) is 1. The highest BCUT2D eigenvalue weighted by Crippen LogP contribution is 2.38. The van der Waals surface area contributed by atoms with Crippen LogP contribution in [-0.4, -0.2) is 36.3 Å². The first kappa shape index (κ1) is 12.4. The highest BCUT2D eigenvalue weighted by molar-refractivity contribution is 5.64. The van der Waals surface area contributed by atoms with Crippen LogP contribution in [0.15, 0.2) is 6.07 Å². The maximum Gasteiger partial charge on any atom is 0.404 e. The largest absolute Gasteiger partial charge is 0.448 e. The summed E-state index contributed by atoms with van der Waals surface area (Å²) in [7, 11) is 1.82. The number of amides is 1. The summed E-state index contributed by atoms with van der Waals surface area (Å²) in [5, 5.41) is 6.08. The summed E-state index contributed by atoms with van der Waals surface area (Å²) < 4.78 is 4.63. The van der Waals surface area contributed by atoms with Gasteiger partial charge in [-0.25, -0.2) is 14.8 Å². The number of nitrogens with zero attached hydrogens (tertiary/aromatic N) is 2. The summed E-state index contributed by atoms with van der Waals surface area (Å²) in [4.78, 5) is 19.2. The molecule has 0 spiro atoms. The Kier molecular flexibility index (Phi) is 3.81. The van der Waals surface area contributed by atoms with E-state index in [0.29, 0.717) is 12.5 Å². The molecule has 0 unspecified atom stereocenters. The molecule has 0 aliphatic heterocycles. The fourth-order valence-electron chi connectivity index (χ4n) is 1.54. The zero-order valence-corrected chi connectivity index (χ0v) is 10.3. The molecule has 1 saturated carbocycles. The van der Waals surface area contributed by atoms with E-state index < -0.39 is 6.09 Å². The average Bonchev–Trinajstić information content (AvgIpc) is 3.18. The van der Waals surface area contributed by atoms with Crippen molar-refractivity contribution in [1.29, 1.82) is 0 Å². The van der Waals surface area contributed by atoms with Gasteiger partial charge in [0.15, 0.2) is 0 Å². The van der Waals surface area contributed by atoms with Gasteiger partial charge in [0.05, 0.1) is 6.54 Å². The number of rotatable bonds is 6. The number of hydrogen-bond acceptors (Lipinski definition) is 6. The monoisotopic (exact) mass is 251 g/mol. The lowest BCUT2D eigenvalue weighted by atomic mass is 10.3. The minimum atomic E-state index is -0.769. The van der Waals surface area contributed by atoms with Crippen molar-refractivity contribution in [2.75, 3.05) is 30.8 Å². The molecule has 1 fully saturated rings. The minimum Gasteiger partial charge on any atom is -0.448 e. The molecule has 0 aromatic carbocycles. The van der Waals surface area contributed by atoms with Crippen molar-refractivity contribution in [2.24, 2.45) is 5.73 Å². The van der Waals surface area contributed by atoms with Gasteiger partial charge in [0.1, 0.15) is 24.1 Å². The SMILES string of the molecule is CNc1cc(NCCOC(N)=O)nc(C2CC2)n1. The molecule has 1 aliphatic carbocycles. The van der Waals surface area contributed by atoms with Crippen LogP contribution in [0.3, 0.4) is 0 Å².